The fourth-order valence-electron chi connectivity index (χ4n) is 1.85. The highest BCUT2D eigenvalue weighted by molar-refractivity contribution is 6.42. The van der Waals surface area contributed by atoms with Crippen molar-refractivity contribution < 1.29 is 5.11 Å². The van der Waals surface area contributed by atoms with Crippen molar-refractivity contribution >= 4 is 23.2 Å². The van der Waals surface area contributed by atoms with Gasteiger partial charge in [-0.2, -0.15) is 0 Å². The Morgan fingerprint density at radius 3 is 2.65 bits per heavy atom. The molecule has 17 heavy (non-hydrogen) atoms. The fourth-order valence-corrected chi connectivity index (χ4v) is 2.32. The molecule has 0 aliphatic heterocycles. The Hall–Kier alpha value is -0.280. The third-order valence-electron chi connectivity index (χ3n) is 2.78. The molecular formula is C13H19Cl2NO. The van der Waals surface area contributed by atoms with Crippen molar-refractivity contribution in [3.8, 4) is 0 Å². The van der Waals surface area contributed by atoms with Gasteiger partial charge in [0.05, 0.1) is 10.0 Å². The van der Waals surface area contributed by atoms with E-state index >= 15 is 0 Å². The molecule has 0 amide bonds. The lowest BCUT2D eigenvalue weighted by Crippen LogP contribution is -2.29. The first-order valence-corrected chi connectivity index (χ1v) is 6.62. The van der Waals surface area contributed by atoms with E-state index in [0.29, 0.717) is 16.1 Å². The second kappa shape index (κ2) is 7.22. The molecule has 0 heterocycles. The summed E-state index contributed by atoms with van der Waals surface area (Å²) in [6.45, 7) is 4.40. The normalized spacial score (nSPS) is 14.6. The maximum Gasteiger partial charge on any atom is 0.0639 e. The van der Waals surface area contributed by atoms with Gasteiger partial charge in [0.1, 0.15) is 0 Å². The largest absolute Gasteiger partial charge is 0.396 e. The van der Waals surface area contributed by atoms with E-state index in [4.69, 9.17) is 28.3 Å². The van der Waals surface area contributed by atoms with Gasteiger partial charge in [0, 0.05) is 18.7 Å². The van der Waals surface area contributed by atoms with Gasteiger partial charge in [-0.1, -0.05) is 35.3 Å². The second-order valence-corrected chi connectivity index (χ2v) is 5.08. The number of aliphatic hydroxyl groups excluding tert-OH is 1. The van der Waals surface area contributed by atoms with Crippen LogP contribution in [0.1, 0.15) is 38.3 Å². The number of aliphatic hydroxyl groups is 1. The van der Waals surface area contributed by atoms with Gasteiger partial charge in [0.2, 0.25) is 0 Å². The Morgan fingerprint density at radius 2 is 2.00 bits per heavy atom. The zero-order chi connectivity index (χ0) is 12.8. The molecule has 0 aromatic heterocycles. The fraction of sp³-hybridized carbons (Fsp3) is 0.538. The van der Waals surface area contributed by atoms with Gasteiger partial charge in [0.25, 0.3) is 0 Å². The highest BCUT2D eigenvalue weighted by atomic mass is 35.5. The summed E-state index contributed by atoms with van der Waals surface area (Å²) in [5, 5.41) is 13.4. The van der Waals surface area contributed by atoms with Crippen LogP contribution in [0, 0.1) is 0 Å². The number of halogens is 2. The van der Waals surface area contributed by atoms with Crippen molar-refractivity contribution in [3.05, 3.63) is 33.8 Å². The molecule has 96 valence electrons. The van der Waals surface area contributed by atoms with Gasteiger partial charge in [-0.25, -0.2) is 0 Å². The van der Waals surface area contributed by atoms with E-state index in [1.165, 1.54) is 0 Å². The summed E-state index contributed by atoms with van der Waals surface area (Å²) >= 11 is 12.1. The van der Waals surface area contributed by atoms with Gasteiger partial charge in [-0.15, -0.1) is 0 Å². The first-order chi connectivity index (χ1) is 8.06. The number of benzene rings is 1. The van der Waals surface area contributed by atoms with Crippen LogP contribution in [-0.4, -0.2) is 17.8 Å². The lowest BCUT2D eigenvalue weighted by atomic mass is 10.1. The molecule has 1 aromatic rings. The Labute approximate surface area is 113 Å². The molecule has 0 saturated heterocycles. The average molecular weight is 276 g/mol. The van der Waals surface area contributed by atoms with Crippen LogP contribution < -0.4 is 5.32 Å². The van der Waals surface area contributed by atoms with Crippen LogP contribution in [0.5, 0.6) is 0 Å². The zero-order valence-electron chi connectivity index (χ0n) is 10.2. The maximum absolute atomic E-state index is 8.78. The molecule has 0 spiro atoms. The summed E-state index contributed by atoms with van der Waals surface area (Å²) in [5.74, 6) is 0. The number of hydrogen-bond donors (Lipinski definition) is 2. The molecule has 2 unspecified atom stereocenters. The third kappa shape index (κ3) is 4.47. The highest BCUT2D eigenvalue weighted by Gasteiger charge is 2.13. The van der Waals surface area contributed by atoms with E-state index < -0.39 is 0 Å². The molecule has 0 bridgehead atoms. The zero-order valence-corrected chi connectivity index (χ0v) is 11.7. The van der Waals surface area contributed by atoms with E-state index in [1.807, 2.05) is 12.1 Å². The molecule has 0 aliphatic rings. The first-order valence-electron chi connectivity index (χ1n) is 5.87. The van der Waals surface area contributed by atoms with Crippen LogP contribution >= 0.6 is 23.2 Å². The molecule has 4 heteroatoms. The molecule has 0 fully saturated rings. The van der Waals surface area contributed by atoms with Crippen LogP contribution in [0.25, 0.3) is 0 Å². The predicted molar refractivity (Wildman–Crippen MR) is 73.8 cm³/mol. The number of rotatable bonds is 6. The highest BCUT2D eigenvalue weighted by Crippen LogP contribution is 2.29. The summed E-state index contributed by atoms with van der Waals surface area (Å²) in [7, 11) is 0. The Kier molecular flexibility index (Phi) is 6.28. The van der Waals surface area contributed by atoms with Crippen LogP contribution in [0.4, 0.5) is 0 Å². The summed E-state index contributed by atoms with van der Waals surface area (Å²) in [6.07, 6.45) is 1.75. The second-order valence-electron chi connectivity index (χ2n) is 4.30. The smallest absolute Gasteiger partial charge is 0.0639 e. The summed E-state index contributed by atoms with van der Waals surface area (Å²) < 4.78 is 0. The molecule has 1 aromatic carbocycles. The number of hydrogen-bond acceptors (Lipinski definition) is 2. The van der Waals surface area contributed by atoms with Gasteiger partial charge in [-0.05, 0) is 38.3 Å². The average Bonchev–Trinajstić information content (AvgIpc) is 2.29. The summed E-state index contributed by atoms with van der Waals surface area (Å²) in [6, 6.07) is 6.15. The van der Waals surface area contributed by atoms with E-state index in [0.717, 1.165) is 18.4 Å². The molecule has 0 aliphatic carbocycles. The Bertz CT molecular complexity index is 357. The topological polar surface area (TPSA) is 32.3 Å². The molecule has 1 rings (SSSR count). The standard InChI is InChI=1S/C13H19Cl2NO/c1-9(5-4-8-17)16-10(2)11-6-3-7-12(14)13(11)15/h3,6-7,9-10,16-17H,4-5,8H2,1-2H3. The molecule has 0 radical (unpaired) electrons. The molecule has 0 saturated carbocycles. The lowest BCUT2D eigenvalue weighted by molar-refractivity contribution is 0.274. The minimum Gasteiger partial charge on any atom is -0.396 e. The van der Waals surface area contributed by atoms with Crippen molar-refractivity contribution in [1.82, 2.24) is 5.32 Å². The van der Waals surface area contributed by atoms with Gasteiger partial charge < -0.3 is 10.4 Å². The minimum absolute atomic E-state index is 0.148. The maximum atomic E-state index is 8.78. The Balaban J connectivity index is 2.63. The van der Waals surface area contributed by atoms with Crippen LogP contribution in [0.15, 0.2) is 18.2 Å². The van der Waals surface area contributed by atoms with Gasteiger partial charge in [0.15, 0.2) is 0 Å². The molecule has 2 nitrogen and oxygen atoms in total. The summed E-state index contributed by atoms with van der Waals surface area (Å²) in [5.41, 5.74) is 1.01. The van der Waals surface area contributed by atoms with Crippen molar-refractivity contribution in [2.24, 2.45) is 0 Å². The van der Waals surface area contributed by atoms with E-state index in [-0.39, 0.29) is 12.6 Å². The molecular weight excluding hydrogens is 257 g/mol. The number of nitrogens with one attached hydrogen (secondary N) is 1. The summed E-state index contributed by atoms with van der Waals surface area (Å²) in [4.78, 5) is 0. The van der Waals surface area contributed by atoms with Gasteiger partial charge in [-0.3, -0.25) is 0 Å². The van der Waals surface area contributed by atoms with Crippen molar-refractivity contribution in [3.63, 3.8) is 0 Å². The SMILES string of the molecule is CC(CCCO)NC(C)c1cccc(Cl)c1Cl. The Morgan fingerprint density at radius 1 is 1.29 bits per heavy atom. The van der Waals surface area contributed by atoms with E-state index in [9.17, 15) is 0 Å². The van der Waals surface area contributed by atoms with Crippen LogP contribution in [0.3, 0.4) is 0 Å². The molecule has 2 atom stereocenters. The van der Waals surface area contributed by atoms with E-state index in [1.54, 1.807) is 6.07 Å². The molecule has 2 N–H and O–H groups in total. The third-order valence-corrected chi connectivity index (χ3v) is 3.61. The predicted octanol–water partition coefficient (Wildman–Crippen LogP) is 3.81. The van der Waals surface area contributed by atoms with Crippen LogP contribution in [-0.2, 0) is 0 Å². The van der Waals surface area contributed by atoms with Gasteiger partial charge >= 0.3 is 0 Å². The first kappa shape index (κ1) is 14.8. The van der Waals surface area contributed by atoms with Crippen LogP contribution in [0.2, 0.25) is 10.0 Å². The van der Waals surface area contributed by atoms with Crippen molar-refractivity contribution in [1.29, 1.82) is 0 Å². The quantitative estimate of drug-likeness (QED) is 0.828. The minimum atomic E-state index is 0.148. The van der Waals surface area contributed by atoms with Crippen molar-refractivity contribution in [2.45, 2.75) is 38.8 Å². The lowest BCUT2D eigenvalue weighted by Gasteiger charge is -2.21. The van der Waals surface area contributed by atoms with Crippen molar-refractivity contribution in [2.75, 3.05) is 6.61 Å². The van der Waals surface area contributed by atoms with E-state index in [2.05, 4.69) is 19.2 Å². The monoisotopic (exact) mass is 275 g/mol.